The van der Waals surface area contributed by atoms with Crippen LogP contribution >= 0.6 is 34.8 Å². The molecule has 0 radical (unpaired) electrons. The Morgan fingerprint density at radius 2 is 1.94 bits per heavy atom. The van der Waals surface area contributed by atoms with Crippen LogP contribution in [0.4, 0.5) is 0 Å². The van der Waals surface area contributed by atoms with Crippen LogP contribution in [0.2, 0.25) is 15.2 Å². The molecule has 0 saturated carbocycles. The third-order valence-corrected chi connectivity index (χ3v) is 3.01. The van der Waals surface area contributed by atoms with Crippen molar-refractivity contribution in [2.45, 2.75) is 13.5 Å². The molecule has 0 saturated heterocycles. The highest BCUT2D eigenvalue weighted by Crippen LogP contribution is 2.19. The Bertz CT molecular complexity index is 503. The van der Waals surface area contributed by atoms with Crippen molar-refractivity contribution >= 4 is 34.8 Å². The minimum Gasteiger partial charge on any atom is -0.265 e. The normalized spacial score (nSPS) is 10.8. The first kappa shape index (κ1) is 11.7. The van der Waals surface area contributed by atoms with E-state index in [4.69, 9.17) is 34.8 Å². The molecule has 0 unspecified atom stereocenters. The van der Waals surface area contributed by atoms with E-state index in [9.17, 15) is 0 Å². The second-order valence-electron chi connectivity index (χ2n) is 3.32. The van der Waals surface area contributed by atoms with E-state index in [1.165, 1.54) is 0 Å². The van der Waals surface area contributed by atoms with Gasteiger partial charge in [0.1, 0.15) is 5.15 Å². The molecule has 0 spiro atoms. The van der Waals surface area contributed by atoms with E-state index in [2.05, 4.69) is 10.1 Å². The number of halogens is 3. The topological polar surface area (TPSA) is 30.7 Å². The van der Waals surface area contributed by atoms with Crippen LogP contribution < -0.4 is 0 Å². The fourth-order valence-corrected chi connectivity index (χ4v) is 1.78. The molecular formula is C10H8Cl3N3. The average Bonchev–Trinajstić information content (AvgIpc) is 2.52. The highest BCUT2D eigenvalue weighted by atomic mass is 35.5. The van der Waals surface area contributed by atoms with Gasteiger partial charge < -0.3 is 0 Å². The van der Waals surface area contributed by atoms with Crippen molar-refractivity contribution in [2.24, 2.45) is 0 Å². The van der Waals surface area contributed by atoms with E-state index in [0.29, 0.717) is 27.4 Å². The van der Waals surface area contributed by atoms with Gasteiger partial charge in [0.2, 0.25) is 0 Å². The Morgan fingerprint density at radius 1 is 1.19 bits per heavy atom. The summed E-state index contributed by atoms with van der Waals surface area (Å²) >= 11 is 17.7. The highest BCUT2D eigenvalue weighted by molar-refractivity contribution is 6.32. The molecule has 2 aromatic heterocycles. The van der Waals surface area contributed by atoms with Crippen LogP contribution in [0.15, 0.2) is 18.3 Å². The minimum atomic E-state index is 0.411. The zero-order chi connectivity index (χ0) is 11.7. The molecule has 0 fully saturated rings. The van der Waals surface area contributed by atoms with Crippen molar-refractivity contribution in [2.75, 3.05) is 0 Å². The van der Waals surface area contributed by atoms with E-state index in [-0.39, 0.29) is 0 Å². The molecule has 84 valence electrons. The van der Waals surface area contributed by atoms with Crippen molar-refractivity contribution < 1.29 is 0 Å². The monoisotopic (exact) mass is 275 g/mol. The Kier molecular flexibility index (Phi) is 3.38. The number of aromatic nitrogens is 3. The van der Waals surface area contributed by atoms with Crippen LogP contribution in [0.5, 0.6) is 0 Å². The van der Waals surface area contributed by atoms with E-state index >= 15 is 0 Å². The Hall–Kier alpha value is -0.770. The first-order valence-electron chi connectivity index (χ1n) is 4.57. The molecule has 0 aliphatic heterocycles. The van der Waals surface area contributed by atoms with Gasteiger partial charge in [-0.2, -0.15) is 5.10 Å². The summed E-state index contributed by atoms with van der Waals surface area (Å²) in [7, 11) is 0. The van der Waals surface area contributed by atoms with Gasteiger partial charge in [0, 0.05) is 6.20 Å². The van der Waals surface area contributed by atoms with Gasteiger partial charge >= 0.3 is 0 Å². The van der Waals surface area contributed by atoms with Crippen molar-refractivity contribution in [1.29, 1.82) is 0 Å². The molecule has 0 atom stereocenters. The van der Waals surface area contributed by atoms with Gasteiger partial charge in [-0.3, -0.25) is 4.68 Å². The van der Waals surface area contributed by atoms with Gasteiger partial charge in [0.15, 0.2) is 0 Å². The van der Waals surface area contributed by atoms with Gasteiger partial charge in [-0.05, 0) is 19.1 Å². The fraction of sp³-hybridized carbons (Fsp3) is 0.200. The van der Waals surface area contributed by atoms with Gasteiger partial charge in [0.25, 0.3) is 0 Å². The fourth-order valence-electron chi connectivity index (χ4n) is 1.30. The quantitative estimate of drug-likeness (QED) is 0.785. The molecule has 3 nitrogen and oxygen atoms in total. The summed E-state index contributed by atoms with van der Waals surface area (Å²) in [6, 6.07) is 3.36. The lowest BCUT2D eigenvalue weighted by Crippen LogP contribution is -2.03. The summed E-state index contributed by atoms with van der Waals surface area (Å²) in [4.78, 5) is 4.14. The largest absolute Gasteiger partial charge is 0.265 e. The van der Waals surface area contributed by atoms with Gasteiger partial charge in [-0.1, -0.05) is 34.8 Å². The van der Waals surface area contributed by atoms with Crippen LogP contribution in [-0.2, 0) is 6.54 Å². The number of pyridine rings is 1. The molecule has 0 amide bonds. The number of hydrogen-bond acceptors (Lipinski definition) is 2. The van der Waals surface area contributed by atoms with Crippen molar-refractivity contribution in [3.8, 4) is 0 Å². The van der Waals surface area contributed by atoms with Crippen molar-refractivity contribution in [1.82, 2.24) is 14.8 Å². The zero-order valence-corrected chi connectivity index (χ0v) is 10.7. The summed E-state index contributed by atoms with van der Waals surface area (Å²) in [5.41, 5.74) is 1.45. The lowest BCUT2D eigenvalue weighted by atomic mass is 10.3. The summed E-state index contributed by atoms with van der Waals surface area (Å²) in [6.07, 6.45) is 1.73. The summed E-state index contributed by atoms with van der Waals surface area (Å²) in [5.74, 6) is 0. The predicted octanol–water partition coefficient (Wildman–Crippen LogP) is 3.60. The SMILES string of the molecule is Cc1nn(Cc2nc(Cl)ccc2Cl)cc1Cl. The van der Waals surface area contributed by atoms with Crippen LogP contribution in [0, 0.1) is 6.92 Å². The second kappa shape index (κ2) is 4.62. The third kappa shape index (κ3) is 2.48. The van der Waals surface area contributed by atoms with Gasteiger partial charge in [-0.15, -0.1) is 0 Å². The minimum absolute atomic E-state index is 0.411. The lowest BCUT2D eigenvalue weighted by Gasteiger charge is -2.03. The molecule has 16 heavy (non-hydrogen) atoms. The Labute approximate surface area is 108 Å². The van der Waals surface area contributed by atoms with E-state index in [0.717, 1.165) is 5.69 Å². The molecular weight excluding hydrogens is 268 g/mol. The second-order valence-corrected chi connectivity index (χ2v) is 4.52. The molecule has 0 N–H and O–H groups in total. The molecule has 0 aliphatic rings. The van der Waals surface area contributed by atoms with Crippen LogP contribution in [0.1, 0.15) is 11.4 Å². The molecule has 0 bridgehead atoms. The number of rotatable bonds is 2. The highest BCUT2D eigenvalue weighted by Gasteiger charge is 2.07. The van der Waals surface area contributed by atoms with Crippen molar-refractivity contribution in [3.63, 3.8) is 0 Å². The molecule has 0 aliphatic carbocycles. The van der Waals surface area contributed by atoms with Crippen molar-refractivity contribution in [3.05, 3.63) is 44.9 Å². The van der Waals surface area contributed by atoms with E-state index < -0.39 is 0 Å². The lowest BCUT2D eigenvalue weighted by molar-refractivity contribution is 0.666. The summed E-state index contributed by atoms with van der Waals surface area (Å²) < 4.78 is 1.68. The maximum absolute atomic E-state index is 6.00. The molecule has 6 heteroatoms. The number of aryl methyl sites for hydroxylation is 1. The Morgan fingerprint density at radius 3 is 2.56 bits per heavy atom. The van der Waals surface area contributed by atoms with E-state index in [1.807, 2.05) is 6.92 Å². The Balaban J connectivity index is 2.29. The first-order chi connectivity index (χ1) is 7.56. The van der Waals surface area contributed by atoms with Crippen LogP contribution in [0.25, 0.3) is 0 Å². The maximum atomic E-state index is 6.00. The molecule has 2 heterocycles. The molecule has 2 rings (SSSR count). The molecule has 0 aromatic carbocycles. The first-order valence-corrected chi connectivity index (χ1v) is 5.70. The smallest absolute Gasteiger partial charge is 0.129 e. The van der Waals surface area contributed by atoms with Gasteiger partial charge in [0.05, 0.1) is 28.0 Å². The zero-order valence-electron chi connectivity index (χ0n) is 8.41. The van der Waals surface area contributed by atoms with Crippen LogP contribution in [-0.4, -0.2) is 14.8 Å². The summed E-state index contributed by atoms with van der Waals surface area (Å²) in [5, 5.41) is 5.82. The number of nitrogens with zero attached hydrogens (tertiary/aromatic N) is 3. The van der Waals surface area contributed by atoms with Gasteiger partial charge in [-0.25, -0.2) is 4.98 Å². The maximum Gasteiger partial charge on any atom is 0.129 e. The average molecular weight is 277 g/mol. The number of hydrogen-bond donors (Lipinski definition) is 0. The van der Waals surface area contributed by atoms with E-state index in [1.54, 1.807) is 23.0 Å². The standard InChI is InChI=1S/C10H8Cl3N3/c1-6-8(12)4-16(15-6)5-9-7(11)2-3-10(13)14-9/h2-4H,5H2,1H3. The predicted molar refractivity (Wildman–Crippen MR) is 65.3 cm³/mol. The van der Waals surface area contributed by atoms with Crippen LogP contribution in [0.3, 0.4) is 0 Å². The molecule has 2 aromatic rings. The third-order valence-electron chi connectivity index (χ3n) is 2.08. The summed E-state index contributed by atoms with van der Waals surface area (Å²) in [6.45, 7) is 2.29.